The third kappa shape index (κ3) is 4.08. The van der Waals surface area contributed by atoms with Crippen LogP contribution in [0.2, 0.25) is 0 Å². The number of halogens is 1. The number of ketones is 1. The molecule has 1 N–H and O–H groups in total. The van der Waals surface area contributed by atoms with E-state index >= 15 is 0 Å². The number of ether oxygens (including phenoxy) is 2. The van der Waals surface area contributed by atoms with Gasteiger partial charge in [-0.2, -0.15) is 11.8 Å². The summed E-state index contributed by atoms with van der Waals surface area (Å²) in [6.07, 6.45) is 0.125. The number of carbonyl (C=O) groups excluding carboxylic acids is 1. The number of aliphatic hydroxyl groups excluding tert-OH is 1. The molecule has 19 heavy (non-hydrogen) atoms. The molecule has 4 nitrogen and oxygen atoms in total. The third-order valence-electron chi connectivity index (χ3n) is 3.54. The fourth-order valence-electron chi connectivity index (χ4n) is 2.47. The summed E-state index contributed by atoms with van der Waals surface area (Å²) in [6, 6.07) is 0. The van der Waals surface area contributed by atoms with Crippen LogP contribution in [0.15, 0.2) is 0 Å². The lowest BCUT2D eigenvalue weighted by Gasteiger charge is -2.29. The second kappa shape index (κ2) is 6.31. The van der Waals surface area contributed by atoms with Gasteiger partial charge in [0.25, 0.3) is 0 Å². The number of aliphatic hydroxyl groups is 1. The molecule has 110 valence electrons. The van der Waals surface area contributed by atoms with Crippen molar-refractivity contribution in [3.8, 4) is 0 Å². The van der Waals surface area contributed by atoms with Crippen LogP contribution in [0.1, 0.15) is 26.7 Å². The number of rotatable bonds is 4. The average molecular weight is 309 g/mol. The second-order valence-electron chi connectivity index (χ2n) is 5.59. The van der Waals surface area contributed by atoms with E-state index in [0.29, 0.717) is 25.2 Å². The zero-order valence-electron chi connectivity index (χ0n) is 11.3. The maximum Gasteiger partial charge on any atom is 0.163 e. The van der Waals surface area contributed by atoms with Gasteiger partial charge in [0.1, 0.15) is 5.78 Å². The van der Waals surface area contributed by atoms with Gasteiger partial charge in [0.05, 0.1) is 30.1 Å². The molecule has 0 spiro atoms. The van der Waals surface area contributed by atoms with Crippen molar-refractivity contribution in [3.05, 3.63) is 0 Å². The number of hydrogen-bond donors (Lipinski definition) is 1. The average Bonchev–Trinajstić information content (AvgIpc) is 2.68. The molecule has 2 fully saturated rings. The molecule has 6 heteroatoms. The summed E-state index contributed by atoms with van der Waals surface area (Å²) in [7, 11) is 0. The molecule has 0 bridgehead atoms. The van der Waals surface area contributed by atoms with Crippen molar-refractivity contribution in [1.82, 2.24) is 0 Å². The van der Waals surface area contributed by atoms with Crippen LogP contribution in [-0.2, 0) is 14.3 Å². The predicted octanol–water partition coefficient (Wildman–Crippen LogP) is 1.82. The van der Waals surface area contributed by atoms with Crippen LogP contribution in [0.25, 0.3) is 0 Å². The summed E-state index contributed by atoms with van der Waals surface area (Å²) in [5, 5.41) is 9.76. The fourth-order valence-corrected chi connectivity index (χ4v) is 4.00. The van der Waals surface area contributed by atoms with Gasteiger partial charge < -0.3 is 14.6 Å². The summed E-state index contributed by atoms with van der Waals surface area (Å²) >= 11 is 7.96. The lowest BCUT2D eigenvalue weighted by Crippen LogP contribution is -2.40. The highest BCUT2D eigenvalue weighted by molar-refractivity contribution is 7.99. The first kappa shape index (κ1) is 15.6. The van der Waals surface area contributed by atoms with Crippen molar-refractivity contribution in [1.29, 1.82) is 0 Å². The number of thioether (sulfide) groups is 1. The van der Waals surface area contributed by atoms with E-state index in [1.165, 1.54) is 0 Å². The Bertz CT molecular complexity index is 337. The minimum atomic E-state index is -0.797. The maximum atomic E-state index is 11.8. The third-order valence-corrected chi connectivity index (χ3v) is 5.07. The molecule has 2 aliphatic rings. The molecular weight excluding hydrogens is 288 g/mol. The highest BCUT2D eigenvalue weighted by Crippen LogP contribution is 2.30. The zero-order valence-corrected chi connectivity index (χ0v) is 12.9. The van der Waals surface area contributed by atoms with E-state index in [9.17, 15) is 9.90 Å². The molecule has 0 aliphatic carbocycles. The van der Waals surface area contributed by atoms with Gasteiger partial charge in [0.2, 0.25) is 0 Å². The molecule has 0 radical (unpaired) electrons. The normalized spacial score (nSPS) is 34.2. The van der Waals surface area contributed by atoms with E-state index in [2.05, 4.69) is 0 Å². The maximum absolute atomic E-state index is 11.8. The van der Waals surface area contributed by atoms with Gasteiger partial charge in [-0.05, 0) is 20.3 Å². The van der Waals surface area contributed by atoms with Crippen molar-refractivity contribution in [2.75, 3.05) is 18.1 Å². The monoisotopic (exact) mass is 308 g/mol. The minimum Gasteiger partial charge on any atom is -0.391 e. The highest BCUT2D eigenvalue weighted by atomic mass is 35.5. The van der Waals surface area contributed by atoms with Gasteiger partial charge in [-0.25, -0.2) is 0 Å². The molecule has 0 saturated carbocycles. The molecule has 2 aliphatic heterocycles. The molecule has 0 aromatic heterocycles. The molecule has 2 heterocycles. The fraction of sp³-hybridized carbons (Fsp3) is 0.923. The van der Waals surface area contributed by atoms with Crippen molar-refractivity contribution in [2.24, 2.45) is 5.92 Å². The van der Waals surface area contributed by atoms with Crippen molar-refractivity contribution >= 4 is 29.1 Å². The van der Waals surface area contributed by atoms with Gasteiger partial charge >= 0.3 is 0 Å². The molecule has 2 saturated heterocycles. The van der Waals surface area contributed by atoms with Gasteiger partial charge in [0.15, 0.2) is 5.79 Å². The predicted molar refractivity (Wildman–Crippen MR) is 75.6 cm³/mol. The van der Waals surface area contributed by atoms with Crippen LogP contribution in [0.5, 0.6) is 0 Å². The second-order valence-corrected chi connectivity index (χ2v) is 7.30. The number of alkyl halides is 1. The first-order valence-corrected chi connectivity index (χ1v) is 8.22. The van der Waals surface area contributed by atoms with Gasteiger partial charge in [0, 0.05) is 17.9 Å². The van der Waals surface area contributed by atoms with E-state index in [4.69, 9.17) is 21.1 Å². The number of hydrogen-bond acceptors (Lipinski definition) is 5. The Kier molecular flexibility index (Phi) is 5.17. The Labute approximate surface area is 123 Å². The first-order chi connectivity index (χ1) is 8.89. The summed E-state index contributed by atoms with van der Waals surface area (Å²) in [5.74, 6) is 0.722. The Hall–Kier alpha value is 0.190. The van der Waals surface area contributed by atoms with E-state index in [0.717, 1.165) is 5.75 Å². The summed E-state index contributed by atoms with van der Waals surface area (Å²) < 4.78 is 11.1. The summed E-state index contributed by atoms with van der Waals surface area (Å²) in [5.41, 5.74) is 0. The van der Waals surface area contributed by atoms with Crippen LogP contribution in [0, 0.1) is 5.92 Å². The van der Waals surface area contributed by atoms with Gasteiger partial charge in [-0.3, -0.25) is 4.79 Å². The molecule has 0 aromatic rings. The quantitative estimate of drug-likeness (QED) is 0.803. The first-order valence-electron chi connectivity index (χ1n) is 6.63. The molecule has 0 aromatic carbocycles. The van der Waals surface area contributed by atoms with Crippen LogP contribution < -0.4 is 0 Å². The lowest BCUT2D eigenvalue weighted by molar-refractivity contribution is -0.140. The zero-order chi connectivity index (χ0) is 14.0. The largest absolute Gasteiger partial charge is 0.391 e. The van der Waals surface area contributed by atoms with Crippen LogP contribution in [-0.4, -0.2) is 52.4 Å². The topological polar surface area (TPSA) is 55.8 Å². The molecule has 2 rings (SSSR count). The van der Waals surface area contributed by atoms with Crippen molar-refractivity contribution < 1.29 is 19.4 Å². The molecule has 0 amide bonds. The summed E-state index contributed by atoms with van der Waals surface area (Å²) in [4.78, 5) is 11.8. The summed E-state index contributed by atoms with van der Waals surface area (Å²) in [6.45, 7) is 4.19. The smallest absolute Gasteiger partial charge is 0.163 e. The minimum absolute atomic E-state index is 0.113. The standard InChI is InChI=1S/C13H21ClO4S/c1-13(2)17-6-8(18-13)5-10(14)12(16)9-7-19-4-3-11(9)15/h8-10,12,16H,3-7H2,1-2H3/t8?,9-,10?,12?/m0/s1. The SMILES string of the molecule is CC1(C)OCC(CC(Cl)C(O)[C@H]2CSCCC2=O)O1. The molecular formula is C13H21ClO4S. The Morgan fingerprint density at radius 1 is 1.58 bits per heavy atom. The van der Waals surface area contributed by atoms with Gasteiger partial charge in [-0.1, -0.05) is 0 Å². The Balaban J connectivity index is 1.85. The van der Waals surface area contributed by atoms with E-state index < -0.39 is 17.3 Å². The van der Waals surface area contributed by atoms with Crippen LogP contribution in [0.3, 0.4) is 0 Å². The Morgan fingerprint density at radius 3 is 2.89 bits per heavy atom. The van der Waals surface area contributed by atoms with Crippen LogP contribution in [0.4, 0.5) is 0 Å². The van der Waals surface area contributed by atoms with Gasteiger partial charge in [-0.15, -0.1) is 11.6 Å². The van der Waals surface area contributed by atoms with Crippen molar-refractivity contribution in [3.63, 3.8) is 0 Å². The number of Topliss-reactive ketones (excluding diaryl/α,β-unsaturated/α-hetero) is 1. The van der Waals surface area contributed by atoms with E-state index in [-0.39, 0.29) is 17.8 Å². The van der Waals surface area contributed by atoms with Crippen molar-refractivity contribution in [2.45, 2.75) is 50.1 Å². The van der Waals surface area contributed by atoms with Crippen LogP contribution >= 0.6 is 23.4 Å². The molecule has 3 unspecified atom stereocenters. The Morgan fingerprint density at radius 2 is 2.32 bits per heavy atom. The van der Waals surface area contributed by atoms with E-state index in [1.54, 1.807) is 11.8 Å². The lowest BCUT2D eigenvalue weighted by atomic mass is 9.93. The van der Waals surface area contributed by atoms with E-state index in [1.807, 2.05) is 13.8 Å². The number of carbonyl (C=O) groups is 1. The molecule has 4 atom stereocenters. The highest BCUT2D eigenvalue weighted by Gasteiger charge is 2.38.